The standard InChI is InChI=1S/C13H18N2O/c1-9(2)10-8-14-15-11(10)6-5-7-12(15)13(3,4)16/h5-9,16H,1-4H3. The lowest BCUT2D eigenvalue weighted by Crippen LogP contribution is -2.20. The lowest BCUT2D eigenvalue weighted by atomic mass is 10.0. The topological polar surface area (TPSA) is 37.5 Å². The second kappa shape index (κ2) is 3.59. The van der Waals surface area contributed by atoms with Gasteiger partial charge in [0.2, 0.25) is 0 Å². The Balaban J connectivity index is 2.72. The van der Waals surface area contributed by atoms with Crippen LogP contribution in [0, 0.1) is 0 Å². The van der Waals surface area contributed by atoms with Crippen molar-refractivity contribution in [2.45, 2.75) is 39.2 Å². The lowest BCUT2D eigenvalue weighted by molar-refractivity contribution is 0.0715. The van der Waals surface area contributed by atoms with Crippen LogP contribution in [0.5, 0.6) is 0 Å². The normalized spacial score (nSPS) is 12.6. The first-order valence-corrected chi connectivity index (χ1v) is 5.61. The van der Waals surface area contributed by atoms with Crippen molar-refractivity contribution >= 4 is 5.52 Å². The van der Waals surface area contributed by atoms with Gasteiger partial charge in [0.1, 0.15) is 5.60 Å². The Labute approximate surface area is 95.7 Å². The van der Waals surface area contributed by atoms with Gasteiger partial charge in [0.05, 0.1) is 17.4 Å². The molecule has 2 heterocycles. The maximum atomic E-state index is 10.1. The molecule has 2 aromatic rings. The summed E-state index contributed by atoms with van der Waals surface area (Å²) >= 11 is 0. The molecule has 0 aliphatic carbocycles. The molecule has 0 aromatic carbocycles. The Bertz CT molecular complexity index is 506. The summed E-state index contributed by atoms with van der Waals surface area (Å²) in [5.41, 5.74) is 2.23. The predicted molar refractivity (Wildman–Crippen MR) is 64.5 cm³/mol. The zero-order valence-electron chi connectivity index (χ0n) is 10.2. The van der Waals surface area contributed by atoms with Crippen LogP contribution in [0.3, 0.4) is 0 Å². The van der Waals surface area contributed by atoms with Crippen LogP contribution in [-0.4, -0.2) is 14.7 Å². The van der Waals surface area contributed by atoms with Gasteiger partial charge in [0, 0.05) is 5.56 Å². The van der Waals surface area contributed by atoms with Gasteiger partial charge >= 0.3 is 0 Å². The SMILES string of the molecule is CC(C)c1cnn2c(C(C)(C)O)cccc12. The van der Waals surface area contributed by atoms with Gasteiger partial charge in [-0.25, -0.2) is 4.52 Å². The van der Waals surface area contributed by atoms with E-state index in [1.54, 1.807) is 13.8 Å². The fourth-order valence-electron chi connectivity index (χ4n) is 1.94. The number of aliphatic hydroxyl groups is 1. The van der Waals surface area contributed by atoms with E-state index < -0.39 is 5.60 Å². The smallest absolute Gasteiger partial charge is 0.101 e. The number of hydrogen-bond acceptors (Lipinski definition) is 2. The fraction of sp³-hybridized carbons (Fsp3) is 0.462. The molecule has 16 heavy (non-hydrogen) atoms. The Hall–Kier alpha value is -1.35. The van der Waals surface area contributed by atoms with Gasteiger partial charge in [-0.15, -0.1) is 0 Å². The average Bonchev–Trinajstić information content (AvgIpc) is 2.58. The summed E-state index contributed by atoms with van der Waals surface area (Å²) in [5, 5.41) is 14.4. The second-order valence-electron chi connectivity index (χ2n) is 5.02. The minimum absolute atomic E-state index is 0.439. The van der Waals surface area contributed by atoms with Gasteiger partial charge in [-0.1, -0.05) is 19.9 Å². The number of rotatable bonds is 2. The molecule has 0 bridgehead atoms. The first kappa shape index (κ1) is 11.1. The summed E-state index contributed by atoms with van der Waals surface area (Å²) in [6, 6.07) is 5.91. The molecule has 0 aliphatic heterocycles. The van der Waals surface area contributed by atoms with E-state index in [0.29, 0.717) is 5.92 Å². The highest BCUT2D eigenvalue weighted by Crippen LogP contribution is 2.25. The summed E-state index contributed by atoms with van der Waals surface area (Å²) in [5.74, 6) is 0.439. The molecule has 0 unspecified atom stereocenters. The summed E-state index contributed by atoms with van der Waals surface area (Å²) in [6.45, 7) is 7.85. The molecule has 86 valence electrons. The molecule has 2 aromatic heterocycles. The summed E-state index contributed by atoms with van der Waals surface area (Å²) in [7, 11) is 0. The molecule has 0 atom stereocenters. The first-order valence-electron chi connectivity index (χ1n) is 5.61. The van der Waals surface area contributed by atoms with Gasteiger partial charge in [0.15, 0.2) is 0 Å². The molecule has 0 aliphatic rings. The van der Waals surface area contributed by atoms with Crippen LogP contribution >= 0.6 is 0 Å². The number of aromatic nitrogens is 2. The predicted octanol–water partition coefficient (Wildman–Crippen LogP) is 2.69. The molecule has 0 saturated heterocycles. The van der Waals surface area contributed by atoms with E-state index in [2.05, 4.69) is 18.9 Å². The van der Waals surface area contributed by atoms with Crippen LogP contribution in [0.25, 0.3) is 5.52 Å². The minimum Gasteiger partial charge on any atom is -0.384 e. The molecule has 3 heteroatoms. The summed E-state index contributed by atoms with van der Waals surface area (Å²) in [4.78, 5) is 0. The van der Waals surface area contributed by atoms with Crippen molar-refractivity contribution in [1.29, 1.82) is 0 Å². The number of hydrogen-bond donors (Lipinski definition) is 1. The van der Waals surface area contributed by atoms with E-state index in [4.69, 9.17) is 0 Å². The first-order chi connectivity index (χ1) is 7.41. The zero-order chi connectivity index (χ0) is 11.9. The van der Waals surface area contributed by atoms with Crippen LogP contribution in [-0.2, 0) is 5.60 Å². The molecule has 0 saturated carbocycles. The van der Waals surface area contributed by atoms with Crippen LogP contribution < -0.4 is 0 Å². The minimum atomic E-state index is -0.875. The number of nitrogens with zero attached hydrogens (tertiary/aromatic N) is 2. The third-order valence-electron chi connectivity index (χ3n) is 2.82. The van der Waals surface area contributed by atoms with Crippen LogP contribution in [0.2, 0.25) is 0 Å². The molecule has 0 amide bonds. The zero-order valence-corrected chi connectivity index (χ0v) is 10.2. The third kappa shape index (κ3) is 1.71. The molecule has 2 rings (SSSR count). The monoisotopic (exact) mass is 218 g/mol. The quantitative estimate of drug-likeness (QED) is 0.841. The Kier molecular flexibility index (Phi) is 2.50. The Morgan fingerprint density at radius 1 is 1.31 bits per heavy atom. The van der Waals surface area contributed by atoms with Gasteiger partial charge in [-0.05, 0) is 31.9 Å². The maximum Gasteiger partial charge on any atom is 0.101 e. The van der Waals surface area contributed by atoms with Crippen LogP contribution in [0.4, 0.5) is 0 Å². The van der Waals surface area contributed by atoms with Crippen molar-refractivity contribution in [3.8, 4) is 0 Å². The molecular weight excluding hydrogens is 200 g/mol. The van der Waals surface area contributed by atoms with Crippen molar-refractivity contribution in [3.05, 3.63) is 35.7 Å². The number of fused-ring (bicyclic) bond motifs is 1. The van der Waals surface area contributed by atoms with E-state index in [9.17, 15) is 5.11 Å². The largest absolute Gasteiger partial charge is 0.384 e. The number of pyridine rings is 1. The van der Waals surface area contributed by atoms with Crippen LogP contribution in [0.1, 0.15) is 44.9 Å². The van der Waals surface area contributed by atoms with Gasteiger partial charge in [-0.2, -0.15) is 5.10 Å². The van der Waals surface area contributed by atoms with Crippen molar-refractivity contribution < 1.29 is 5.11 Å². The van der Waals surface area contributed by atoms with Crippen molar-refractivity contribution in [2.75, 3.05) is 0 Å². The van der Waals surface area contributed by atoms with E-state index in [1.165, 1.54) is 5.56 Å². The molecule has 1 N–H and O–H groups in total. The van der Waals surface area contributed by atoms with Crippen molar-refractivity contribution in [3.63, 3.8) is 0 Å². The lowest BCUT2D eigenvalue weighted by Gasteiger charge is -2.18. The molecule has 0 fully saturated rings. The van der Waals surface area contributed by atoms with Gasteiger partial charge < -0.3 is 5.11 Å². The second-order valence-corrected chi connectivity index (χ2v) is 5.02. The highest BCUT2D eigenvalue weighted by atomic mass is 16.3. The Morgan fingerprint density at radius 2 is 2.00 bits per heavy atom. The highest BCUT2D eigenvalue weighted by molar-refractivity contribution is 5.56. The molecule has 0 spiro atoms. The van der Waals surface area contributed by atoms with E-state index >= 15 is 0 Å². The van der Waals surface area contributed by atoms with E-state index in [0.717, 1.165) is 11.2 Å². The molecular formula is C13H18N2O. The van der Waals surface area contributed by atoms with Gasteiger partial charge in [-0.3, -0.25) is 0 Å². The average molecular weight is 218 g/mol. The molecule has 3 nitrogen and oxygen atoms in total. The highest BCUT2D eigenvalue weighted by Gasteiger charge is 2.21. The van der Waals surface area contributed by atoms with Crippen LogP contribution in [0.15, 0.2) is 24.4 Å². The fourth-order valence-corrected chi connectivity index (χ4v) is 1.94. The maximum absolute atomic E-state index is 10.1. The summed E-state index contributed by atoms with van der Waals surface area (Å²) < 4.78 is 1.83. The van der Waals surface area contributed by atoms with E-state index in [1.807, 2.05) is 28.9 Å². The van der Waals surface area contributed by atoms with Crippen molar-refractivity contribution in [2.24, 2.45) is 0 Å². The molecule has 0 radical (unpaired) electrons. The summed E-state index contributed by atoms with van der Waals surface area (Å²) in [6.07, 6.45) is 1.88. The van der Waals surface area contributed by atoms with Crippen molar-refractivity contribution in [1.82, 2.24) is 9.61 Å². The van der Waals surface area contributed by atoms with Gasteiger partial charge in [0.25, 0.3) is 0 Å². The van der Waals surface area contributed by atoms with E-state index in [-0.39, 0.29) is 0 Å². The third-order valence-corrected chi connectivity index (χ3v) is 2.82. The Morgan fingerprint density at radius 3 is 2.56 bits per heavy atom.